The fraction of sp³-hybridized carbons (Fsp3) is 1.00. The van der Waals surface area contributed by atoms with Gasteiger partial charge in [-0.25, -0.2) is 0 Å². The molecule has 0 aromatic heterocycles. The minimum absolute atomic E-state index is 0.0434. The molecule has 4 unspecified atom stereocenters. The van der Waals surface area contributed by atoms with Crippen LogP contribution in [0.15, 0.2) is 0 Å². The predicted octanol–water partition coefficient (Wildman–Crippen LogP) is 2.70. The van der Waals surface area contributed by atoms with E-state index in [-0.39, 0.29) is 6.29 Å². The molecule has 0 spiro atoms. The monoisotopic (exact) mass is 258 g/mol. The molecule has 100 valence electrons. The van der Waals surface area contributed by atoms with Gasteiger partial charge in [-0.05, 0) is 44.7 Å². The molecule has 4 atom stereocenters. The van der Waals surface area contributed by atoms with Crippen molar-refractivity contribution in [2.75, 3.05) is 6.61 Å². The van der Waals surface area contributed by atoms with Crippen LogP contribution in [0, 0.1) is 5.92 Å². The van der Waals surface area contributed by atoms with Crippen molar-refractivity contribution in [3.05, 3.63) is 0 Å². The summed E-state index contributed by atoms with van der Waals surface area (Å²) in [7, 11) is -1.00. The summed E-state index contributed by atoms with van der Waals surface area (Å²) in [6, 6.07) is 0. The van der Waals surface area contributed by atoms with E-state index in [0.717, 1.165) is 25.4 Å². The summed E-state index contributed by atoms with van der Waals surface area (Å²) in [6.45, 7) is 7.39. The van der Waals surface area contributed by atoms with Crippen LogP contribution in [0.2, 0.25) is 13.1 Å². The second-order valence-electron chi connectivity index (χ2n) is 5.61. The van der Waals surface area contributed by atoms with Gasteiger partial charge in [0.25, 0.3) is 0 Å². The first-order valence-electron chi connectivity index (χ1n) is 7.11. The third kappa shape index (κ3) is 4.36. The summed E-state index contributed by atoms with van der Waals surface area (Å²) in [4.78, 5) is 0. The van der Waals surface area contributed by atoms with E-state index in [1.165, 1.54) is 19.3 Å². The molecule has 0 aromatic carbocycles. The van der Waals surface area contributed by atoms with Crippen LogP contribution in [0.5, 0.6) is 0 Å². The summed E-state index contributed by atoms with van der Waals surface area (Å²) in [5.74, 6) is 0.744. The Hall–Kier alpha value is 0.0969. The van der Waals surface area contributed by atoms with Crippen molar-refractivity contribution in [2.45, 2.75) is 70.6 Å². The van der Waals surface area contributed by atoms with Crippen LogP contribution in [0.1, 0.15) is 39.0 Å². The number of rotatable bonds is 7. The first-order valence-corrected chi connectivity index (χ1v) is 9.89. The lowest BCUT2D eigenvalue weighted by atomic mass is 9.87. The van der Waals surface area contributed by atoms with E-state index < -0.39 is 9.04 Å². The normalized spacial score (nSPS) is 33.5. The van der Waals surface area contributed by atoms with Gasteiger partial charge in [-0.15, -0.1) is 0 Å². The van der Waals surface area contributed by atoms with Crippen molar-refractivity contribution in [1.82, 2.24) is 0 Å². The maximum absolute atomic E-state index is 5.98. The molecule has 2 fully saturated rings. The average Bonchev–Trinajstić information content (AvgIpc) is 3.03. The fourth-order valence-electron chi connectivity index (χ4n) is 2.69. The highest BCUT2D eigenvalue weighted by Gasteiger charge is 2.44. The molecule has 1 saturated carbocycles. The van der Waals surface area contributed by atoms with Crippen LogP contribution >= 0.6 is 0 Å². The largest absolute Gasteiger partial charge is 0.396 e. The molecular weight excluding hydrogens is 232 g/mol. The van der Waals surface area contributed by atoms with Gasteiger partial charge >= 0.3 is 0 Å². The molecule has 0 aromatic rings. The number of ether oxygens (including phenoxy) is 2. The van der Waals surface area contributed by atoms with Crippen molar-refractivity contribution < 1.29 is 13.9 Å². The maximum Gasteiger partial charge on any atom is 0.174 e. The van der Waals surface area contributed by atoms with Gasteiger partial charge in [-0.1, -0.05) is 6.92 Å². The summed E-state index contributed by atoms with van der Waals surface area (Å²) < 4.78 is 17.4. The van der Waals surface area contributed by atoms with Crippen molar-refractivity contribution in [1.29, 1.82) is 0 Å². The number of fused-ring (bicyclic) bond motifs is 1. The highest BCUT2D eigenvalue weighted by Crippen LogP contribution is 2.41. The quantitative estimate of drug-likeness (QED) is 0.400. The van der Waals surface area contributed by atoms with E-state index in [4.69, 9.17) is 13.9 Å². The highest BCUT2D eigenvalue weighted by molar-refractivity contribution is 6.48. The fourth-order valence-corrected chi connectivity index (χ4v) is 3.49. The molecule has 0 bridgehead atoms. The molecule has 1 saturated heterocycles. The van der Waals surface area contributed by atoms with Crippen molar-refractivity contribution >= 4 is 9.04 Å². The number of hydrogen-bond donors (Lipinski definition) is 0. The molecule has 2 aliphatic rings. The zero-order valence-electron chi connectivity index (χ0n) is 11.4. The number of epoxide rings is 1. The highest BCUT2D eigenvalue weighted by atomic mass is 28.3. The first-order chi connectivity index (χ1) is 8.19. The Morgan fingerprint density at radius 3 is 2.76 bits per heavy atom. The van der Waals surface area contributed by atoms with E-state index in [1.807, 2.05) is 0 Å². The predicted molar refractivity (Wildman–Crippen MR) is 70.6 cm³/mol. The Kier molecular flexibility index (Phi) is 5.03. The summed E-state index contributed by atoms with van der Waals surface area (Å²) >= 11 is 0. The lowest BCUT2D eigenvalue weighted by molar-refractivity contribution is -0.0960. The summed E-state index contributed by atoms with van der Waals surface area (Å²) in [5, 5.41) is 0. The maximum atomic E-state index is 5.98. The Balaban J connectivity index is 1.74. The SMILES string of the molecule is CCCOC(CC1CCC2OC2C1)O[SiH](C)C. The second-order valence-corrected chi connectivity index (χ2v) is 7.98. The summed E-state index contributed by atoms with van der Waals surface area (Å²) in [5.41, 5.74) is 0. The van der Waals surface area contributed by atoms with E-state index in [2.05, 4.69) is 20.0 Å². The minimum atomic E-state index is -1.00. The van der Waals surface area contributed by atoms with Crippen LogP contribution in [0.4, 0.5) is 0 Å². The van der Waals surface area contributed by atoms with E-state index >= 15 is 0 Å². The molecule has 0 amide bonds. The molecule has 4 heteroatoms. The lowest BCUT2D eigenvalue weighted by Crippen LogP contribution is -2.28. The Morgan fingerprint density at radius 1 is 1.29 bits per heavy atom. The van der Waals surface area contributed by atoms with Gasteiger partial charge in [0.15, 0.2) is 9.04 Å². The minimum Gasteiger partial charge on any atom is -0.396 e. The lowest BCUT2D eigenvalue weighted by Gasteiger charge is -2.26. The third-order valence-corrected chi connectivity index (χ3v) is 4.42. The molecule has 1 aliphatic carbocycles. The van der Waals surface area contributed by atoms with Crippen LogP contribution in [-0.4, -0.2) is 34.1 Å². The van der Waals surface area contributed by atoms with Crippen LogP contribution < -0.4 is 0 Å². The second kappa shape index (κ2) is 6.32. The van der Waals surface area contributed by atoms with Crippen molar-refractivity contribution in [2.24, 2.45) is 5.92 Å². The van der Waals surface area contributed by atoms with E-state index in [0.29, 0.717) is 12.2 Å². The molecule has 2 rings (SSSR count). The zero-order chi connectivity index (χ0) is 12.3. The van der Waals surface area contributed by atoms with Crippen molar-refractivity contribution in [3.63, 3.8) is 0 Å². The molecule has 1 aliphatic heterocycles. The van der Waals surface area contributed by atoms with Gasteiger partial charge in [0.1, 0.15) is 6.29 Å². The zero-order valence-corrected chi connectivity index (χ0v) is 12.5. The van der Waals surface area contributed by atoms with Gasteiger partial charge in [0, 0.05) is 13.0 Å². The molecule has 1 heterocycles. The van der Waals surface area contributed by atoms with Crippen LogP contribution in [0.3, 0.4) is 0 Å². The van der Waals surface area contributed by atoms with Gasteiger partial charge in [0.05, 0.1) is 12.2 Å². The number of hydrogen-bond acceptors (Lipinski definition) is 3. The smallest absolute Gasteiger partial charge is 0.174 e. The molecule has 0 radical (unpaired) electrons. The molecular formula is C13H26O3Si. The first kappa shape index (κ1) is 13.5. The van der Waals surface area contributed by atoms with E-state index in [1.54, 1.807) is 0 Å². The topological polar surface area (TPSA) is 31.0 Å². The van der Waals surface area contributed by atoms with Gasteiger partial charge in [-0.2, -0.15) is 0 Å². The van der Waals surface area contributed by atoms with Crippen LogP contribution in [0.25, 0.3) is 0 Å². The molecule has 17 heavy (non-hydrogen) atoms. The Labute approximate surface area is 107 Å². The van der Waals surface area contributed by atoms with Crippen LogP contribution in [-0.2, 0) is 13.9 Å². The van der Waals surface area contributed by atoms with Gasteiger partial charge in [-0.3, -0.25) is 0 Å². The molecule has 0 N–H and O–H groups in total. The van der Waals surface area contributed by atoms with E-state index in [9.17, 15) is 0 Å². The third-order valence-electron chi connectivity index (χ3n) is 3.57. The van der Waals surface area contributed by atoms with Crippen molar-refractivity contribution in [3.8, 4) is 0 Å². The summed E-state index contributed by atoms with van der Waals surface area (Å²) in [6.07, 6.45) is 7.10. The Morgan fingerprint density at radius 2 is 2.12 bits per heavy atom. The van der Waals surface area contributed by atoms with Gasteiger partial charge < -0.3 is 13.9 Å². The Bertz CT molecular complexity index is 235. The standard InChI is InChI=1S/C13H26O3Si/c1-4-7-14-13(16-17(2)3)9-10-5-6-11-12(8-10)15-11/h10-13,17H,4-9H2,1-3H3. The average molecular weight is 258 g/mol. The molecule has 3 nitrogen and oxygen atoms in total. The van der Waals surface area contributed by atoms with Gasteiger partial charge in [0.2, 0.25) is 0 Å².